The van der Waals surface area contributed by atoms with E-state index in [-0.39, 0.29) is 12.8 Å². The fraction of sp³-hybridized carbons (Fsp3) is 0.455. The summed E-state index contributed by atoms with van der Waals surface area (Å²) in [4.78, 5) is 52.4. The van der Waals surface area contributed by atoms with Crippen molar-refractivity contribution in [2.24, 2.45) is 5.73 Å². The lowest BCUT2D eigenvalue weighted by molar-refractivity contribution is -0.142. The smallest absolute Gasteiger partial charge is 0.326 e. The van der Waals surface area contributed by atoms with Gasteiger partial charge >= 0.3 is 5.97 Å². The maximum absolute atomic E-state index is 13.1. The summed E-state index contributed by atoms with van der Waals surface area (Å²) < 4.78 is 0. The second kappa shape index (κ2) is 13.7. The van der Waals surface area contributed by atoms with Gasteiger partial charge in [0, 0.05) is 23.5 Å². The molecule has 0 radical (unpaired) electrons. The van der Waals surface area contributed by atoms with E-state index < -0.39 is 61.1 Å². The first-order chi connectivity index (χ1) is 16.7. The molecule has 0 saturated carbocycles. The first kappa shape index (κ1) is 28.1. The van der Waals surface area contributed by atoms with Crippen LogP contribution in [-0.2, 0) is 25.6 Å². The van der Waals surface area contributed by atoms with Gasteiger partial charge in [-0.1, -0.05) is 18.2 Å². The number of H-pyrrole nitrogens is 1. The van der Waals surface area contributed by atoms with E-state index in [0.29, 0.717) is 11.3 Å². The molecule has 4 atom stereocenters. The summed E-state index contributed by atoms with van der Waals surface area (Å²) in [7, 11) is 0. The van der Waals surface area contributed by atoms with Gasteiger partial charge in [-0.3, -0.25) is 14.4 Å². The van der Waals surface area contributed by atoms with Crippen molar-refractivity contribution in [3.63, 3.8) is 0 Å². The maximum atomic E-state index is 13.1. The van der Waals surface area contributed by atoms with Crippen LogP contribution in [0, 0.1) is 0 Å². The van der Waals surface area contributed by atoms with E-state index in [1.54, 1.807) is 12.5 Å². The van der Waals surface area contributed by atoms with Crippen molar-refractivity contribution in [3.8, 4) is 0 Å². The van der Waals surface area contributed by atoms with Crippen molar-refractivity contribution in [2.45, 2.75) is 37.0 Å². The molecule has 0 fully saturated rings. The summed E-state index contributed by atoms with van der Waals surface area (Å²) in [6.45, 7) is -1.43. The zero-order chi connectivity index (χ0) is 26.0. The third-order valence-corrected chi connectivity index (χ3v) is 5.95. The summed E-state index contributed by atoms with van der Waals surface area (Å²) in [5, 5.41) is 36.1. The van der Waals surface area contributed by atoms with Gasteiger partial charge in [-0.15, -0.1) is 0 Å². The van der Waals surface area contributed by atoms with E-state index in [4.69, 9.17) is 5.73 Å². The largest absolute Gasteiger partial charge is 0.480 e. The van der Waals surface area contributed by atoms with Gasteiger partial charge in [-0.2, -0.15) is 11.8 Å². The van der Waals surface area contributed by atoms with Gasteiger partial charge in [0.1, 0.15) is 24.2 Å². The third kappa shape index (κ3) is 7.96. The number of aromatic amines is 1. The Hall–Kier alpha value is -3.13. The second-order valence-corrected chi connectivity index (χ2v) is 8.82. The Balaban J connectivity index is 2.19. The molecule has 0 spiro atoms. The number of carbonyl (C=O) groups is 4. The molecule has 0 saturated heterocycles. The van der Waals surface area contributed by atoms with E-state index in [1.165, 1.54) is 11.8 Å². The van der Waals surface area contributed by atoms with Gasteiger partial charge in [0.25, 0.3) is 0 Å². The topological polar surface area (TPSA) is 207 Å². The van der Waals surface area contributed by atoms with Crippen LogP contribution in [0.25, 0.3) is 10.9 Å². The van der Waals surface area contributed by atoms with E-state index in [9.17, 15) is 34.5 Å². The van der Waals surface area contributed by atoms with Gasteiger partial charge in [0.05, 0.1) is 13.2 Å². The van der Waals surface area contributed by atoms with Crippen molar-refractivity contribution < 1.29 is 34.5 Å². The van der Waals surface area contributed by atoms with Crippen LogP contribution in [0.1, 0.15) is 12.0 Å². The number of rotatable bonds is 14. The third-order valence-electron chi connectivity index (χ3n) is 5.31. The van der Waals surface area contributed by atoms with Crippen molar-refractivity contribution in [2.75, 3.05) is 25.2 Å². The number of thioether (sulfide) groups is 1. The van der Waals surface area contributed by atoms with E-state index in [1.807, 2.05) is 24.3 Å². The number of nitrogens with two attached hydrogens (primary N) is 1. The quantitative estimate of drug-likeness (QED) is 0.146. The van der Waals surface area contributed by atoms with Crippen LogP contribution in [-0.4, -0.2) is 93.4 Å². The first-order valence-electron chi connectivity index (χ1n) is 10.9. The van der Waals surface area contributed by atoms with Crippen LogP contribution in [0.15, 0.2) is 30.5 Å². The van der Waals surface area contributed by atoms with Gasteiger partial charge in [-0.05, 0) is 30.1 Å². The summed E-state index contributed by atoms with van der Waals surface area (Å²) >= 11 is 1.41. The highest BCUT2D eigenvalue weighted by atomic mass is 32.2. The predicted molar refractivity (Wildman–Crippen MR) is 131 cm³/mol. The number of aliphatic hydroxyl groups excluding tert-OH is 2. The lowest BCUT2D eigenvalue weighted by atomic mass is 10.0. The summed E-state index contributed by atoms with van der Waals surface area (Å²) in [6, 6.07) is 2.22. The van der Waals surface area contributed by atoms with E-state index in [2.05, 4.69) is 20.9 Å². The molecule has 4 unspecified atom stereocenters. The van der Waals surface area contributed by atoms with Crippen LogP contribution in [0.4, 0.5) is 0 Å². The zero-order valence-electron chi connectivity index (χ0n) is 19.2. The Morgan fingerprint density at radius 1 is 0.971 bits per heavy atom. The highest BCUT2D eigenvalue weighted by Gasteiger charge is 2.30. The monoisotopic (exact) mass is 509 g/mol. The van der Waals surface area contributed by atoms with Crippen LogP contribution in [0.3, 0.4) is 0 Å². The summed E-state index contributed by atoms with van der Waals surface area (Å²) in [6.07, 6.45) is 3.66. The zero-order valence-corrected chi connectivity index (χ0v) is 20.0. The van der Waals surface area contributed by atoms with Crippen molar-refractivity contribution in [1.29, 1.82) is 0 Å². The number of aliphatic hydroxyl groups is 2. The molecule has 12 nitrogen and oxygen atoms in total. The minimum atomic E-state index is -1.45. The maximum Gasteiger partial charge on any atom is 0.326 e. The highest BCUT2D eigenvalue weighted by Crippen LogP contribution is 2.19. The number of aromatic nitrogens is 1. The minimum absolute atomic E-state index is 0.0188. The standard InChI is InChI=1S/C22H31N5O7S/c1-35-7-6-16(22(33)34)25-21(32)18(11-29)27-20(31)17(26-19(30)14(23)10-28)8-12-9-24-15-5-3-2-4-13(12)15/h2-5,9,14,16-18,24,28-29H,6-8,10-11,23H2,1H3,(H,25,32)(H,26,30)(H,27,31)(H,33,34). The number of carboxylic acids is 1. The molecule has 13 heteroatoms. The molecular weight excluding hydrogens is 478 g/mol. The summed E-state index contributed by atoms with van der Waals surface area (Å²) in [5.41, 5.74) is 7.08. The van der Waals surface area contributed by atoms with Gasteiger partial charge in [0.2, 0.25) is 17.7 Å². The fourth-order valence-electron chi connectivity index (χ4n) is 3.32. The molecule has 9 N–H and O–H groups in total. The van der Waals surface area contributed by atoms with Crippen molar-refractivity contribution >= 4 is 46.4 Å². The number of carbonyl (C=O) groups excluding carboxylic acids is 3. The Labute approximate surface area is 206 Å². The minimum Gasteiger partial charge on any atom is -0.480 e. The first-order valence-corrected chi connectivity index (χ1v) is 12.3. The average Bonchev–Trinajstić information content (AvgIpc) is 3.26. The molecule has 35 heavy (non-hydrogen) atoms. The molecule has 0 aliphatic heterocycles. The Morgan fingerprint density at radius 2 is 1.60 bits per heavy atom. The van der Waals surface area contributed by atoms with Gasteiger partial charge in [0.15, 0.2) is 0 Å². The van der Waals surface area contributed by atoms with E-state index in [0.717, 1.165) is 10.9 Å². The van der Waals surface area contributed by atoms with Gasteiger partial charge < -0.3 is 42.0 Å². The SMILES string of the molecule is CSCCC(NC(=O)C(CO)NC(=O)C(Cc1c[nH]c2ccccc12)NC(=O)C(N)CO)C(=O)O. The number of amides is 3. The van der Waals surface area contributed by atoms with Crippen molar-refractivity contribution in [1.82, 2.24) is 20.9 Å². The van der Waals surface area contributed by atoms with Crippen LogP contribution in [0.5, 0.6) is 0 Å². The lowest BCUT2D eigenvalue weighted by Gasteiger charge is -2.24. The Bertz CT molecular complexity index is 1030. The van der Waals surface area contributed by atoms with Crippen LogP contribution >= 0.6 is 11.8 Å². The highest BCUT2D eigenvalue weighted by molar-refractivity contribution is 7.98. The molecule has 2 aromatic rings. The van der Waals surface area contributed by atoms with Crippen molar-refractivity contribution in [3.05, 3.63) is 36.0 Å². The van der Waals surface area contributed by atoms with Crippen LogP contribution < -0.4 is 21.7 Å². The number of hydrogen-bond acceptors (Lipinski definition) is 8. The molecule has 1 aromatic carbocycles. The fourth-order valence-corrected chi connectivity index (χ4v) is 3.79. The molecule has 3 amide bonds. The number of carboxylic acid groups (broad SMARTS) is 1. The molecule has 192 valence electrons. The van der Waals surface area contributed by atoms with Gasteiger partial charge in [-0.25, -0.2) is 4.79 Å². The normalized spacial score (nSPS) is 14.5. The Morgan fingerprint density at radius 3 is 2.23 bits per heavy atom. The average molecular weight is 510 g/mol. The molecule has 0 bridgehead atoms. The molecule has 1 aromatic heterocycles. The Kier molecular flexibility index (Phi) is 11.0. The lowest BCUT2D eigenvalue weighted by Crippen LogP contribution is -2.58. The molecule has 2 rings (SSSR count). The second-order valence-electron chi connectivity index (χ2n) is 7.84. The molecule has 0 aliphatic rings. The van der Waals surface area contributed by atoms with E-state index >= 15 is 0 Å². The molecular formula is C22H31N5O7S. The number of nitrogens with one attached hydrogen (secondary N) is 4. The number of fused-ring (bicyclic) bond motifs is 1. The molecule has 1 heterocycles. The number of benzene rings is 1. The number of aliphatic carboxylic acids is 1. The van der Waals surface area contributed by atoms with Crippen LogP contribution in [0.2, 0.25) is 0 Å². The number of para-hydroxylation sites is 1. The number of hydrogen-bond donors (Lipinski definition) is 8. The molecule has 0 aliphatic carbocycles. The predicted octanol–water partition coefficient (Wildman–Crippen LogP) is -1.69. The summed E-state index contributed by atoms with van der Waals surface area (Å²) in [5.74, 6) is -3.20.